The van der Waals surface area contributed by atoms with Gasteiger partial charge in [-0.1, -0.05) is 0 Å². The molecule has 4 heteroatoms. The number of rotatable bonds is 2. The van der Waals surface area contributed by atoms with Crippen LogP contribution >= 0.6 is 12.4 Å². The molecule has 2 rings (SSSR count). The molecule has 12 heavy (non-hydrogen) atoms. The summed E-state index contributed by atoms with van der Waals surface area (Å²) in [7, 11) is 0. The maximum absolute atomic E-state index is 11.2. The van der Waals surface area contributed by atoms with Crippen molar-refractivity contribution in [2.75, 3.05) is 13.2 Å². The van der Waals surface area contributed by atoms with E-state index in [4.69, 9.17) is 4.74 Å². The number of halogens is 1. The zero-order valence-electron chi connectivity index (χ0n) is 7.08. The molecule has 0 radical (unpaired) electrons. The van der Waals surface area contributed by atoms with Crippen LogP contribution in [0.1, 0.15) is 13.3 Å². The molecule has 0 unspecified atom stereocenters. The molecule has 70 valence electrons. The molecule has 0 aromatic rings. The van der Waals surface area contributed by atoms with Crippen molar-refractivity contribution in [1.29, 1.82) is 0 Å². The Kier molecular flexibility index (Phi) is 2.96. The van der Waals surface area contributed by atoms with Crippen LogP contribution in [0.25, 0.3) is 0 Å². The SMILES string of the molecule is CCOC(=O)[C@@H]1NC[C@@H]2C[C@H]21.Cl. The average Bonchev–Trinajstić information content (AvgIpc) is 2.63. The van der Waals surface area contributed by atoms with Crippen molar-refractivity contribution in [3.05, 3.63) is 0 Å². The molecule has 1 heterocycles. The highest BCUT2D eigenvalue weighted by Gasteiger charge is 2.51. The van der Waals surface area contributed by atoms with E-state index in [0.29, 0.717) is 12.5 Å². The molecule has 2 fully saturated rings. The molecule has 2 aliphatic rings. The maximum Gasteiger partial charge on any atom is 0.323 e. The van der Waals surface area contributed by atoms with E-state index in [1.54, 1.807) is 0 Å². The highest BCUT2D eigenvalue weighted by atomic mass is 35.5. The minimum Gasteiger partial charge on any atom is -0.465 e. The van der Waals surface area contributed by atoms with Crippen molar-refractivity contribution in [2.45, 2.75) is 19.4 Å². The molecule has 1 N–H and O–H groups in total. The van der Waals surface area contributed by atoms with Gasteiger partial charge < -0.3 is 10.1 Å². The van der Waals surface area contributed by atoms with Gasteiger partial charge in [-0.05, 0) is 31.7 Å². The third-order valence-electron chi connectivity index (χ3n) is 2.55. The van der Waals surface area contributed by atoms with Gasteiger partial charge in [0.05, 0.1) is 6.61 Å². The second-order valence-corrected chi connectivity index (χ2v) is 3.30. The lowest BCUT2D eigenvalue weighted by atomic mass is 10.2. The Morgan fingerprint density at radius 2 is 2.42 bits per heavy atom. The summed E-state index contributed by atoms with van der Waals surface area (Å²) >= 11 is 0. The van der Waals surface area contributed by atoms with E-state index >= 15 is 0 Å². The van der Waals surface area contributed by atoms with Crippen molar-refractivity contribution >= 4 is 18.4 Å². The first-order valence-corrected chi connectivity index (χ1v) is 4.23. The summed E-state index contributed by atoms with van der Waals surface area (Å²) in [5.41, 5.74) is 0. The van der Waals surface area contributed by atoms with Gasteiger partial charge in [-0.25, -0.2) is 0 Å². The predicted octanol–water partition coefficient (Wildman–Crippen LogP) is 0.579. The molecule has 3 atom stereocenters. The van der Waals surface area contributed by atoms with Crippen LogP contribution in [0.4, 0.5) is 0 Å². The Balaban J connectivity index is 0.000000720. The van der Waals surface area contributed by atoms with E-state index in [1.165, 1.54) is 6.42 Å². The van der Waals surface area contributed by atoms with E-state index in [0.717, 1.165) is 12.5 Å². The Labute approximate surface area is 78.3 Å². The van der Waals surface area contributed by atoms with E-state index < -0.39 is 0 Å². The number of piperidine rings is 1. The smallest absolute Gasteiger partial charge is 0.323 e. The number of carbonyl (C=O) groups is 1. The van der Waals surface area contributed by atoms with Crippen molar-refractivity contribution in [3.63, 3.8) is 0 Å². The Morgan fingerprint density at radius 3 is 2.83 bits per heavy atom. The lowest BCUT2D eigenvalue weighted by Gasteiger charge is -2.10. The lowest BCUT2D eigenvalue weighted by Crippen LogP contribution is -2.36. The van der Waals surface area contributed by atoms with Gasteiger partial charge in [0.15, 0.2) is 0 Å². The molecule has 1 saturated heterocycles. The van der Waals surface area contributed by atoms with Crippen molar-refractivity contribution in [2.24, 2.45) is 11.8 Å². The molecule has 0 amide bonds. The average molecular weight is 192 g/mol. The fourth-order valence-electron chi connectivity index (χ4n) is 1.83. The molecule has 0 bridgehead atoms. The molecule has 0 spiro atoms. The highest BCUT2D eigenvalue weighted by molar-refractivity contribution is 5.85. The Morgan fingerprint density at radius 1 is 1.67 bits per heavy atom. The summed E-state index contributed by atoms with van der Waals surface area (Å²) in [6.07, 6.45) is 1.22. The predicted molar refractivity (Wildman–Crippen MR) is 47.3 cm³/mol. The summed E-state index contributed by atoms with van der Waals surface area (Å²) < 4.78 is 4.92. The third-order valence-corrected chi connectivity index (χ3v) is 2.55. The van der Waals surface area contributed by atoms with Gasteiger partial charge in [0, 0.05) is 0 Å². The Bertz CT molecular complexity index is 186. The van der Waals surface area contributed by atoms with Crippen LogP contribution in [0.2, 0.25) is 0 Å². The highest BCUT2D eigenvalue weighted by Crippen LogP contribution is 2.45. The van der Waals surface area contributed by atoms with Gasteiger partial charge in [-0.3, -0.25) is 4.79 Å². The van der Waals surface area contributed by atoms with Gasteiger partial charge in [0.25, 0.3) is 0 Å². The van der Waals surface area contributed by atoms with Crippen LogP contribution in [0.3, 0.4) is 0 Å². The van der Waals surface area contributed by atoms with E-state index in [1.807, 2.05) is 6.92 Å². The first kappa shape index (κ1) is 9.81. The van der Waals surface area contributed by atoms with E-state index in [2.05, 4.69) is 5.32 Å². The second kappa shape index (κ2) is 3.62. The summed E-state index contributed by atoms with van der Waals surface area (Å²) in [5, 5.41) is 3.17. The number of ether oxygens (including phenoxy) is 1. The lowest BCUT2D eigenvalue weighted by molar-refractivity contribution is -0.145. The number of hydrogen-bond acceptors (Lipinski definition) is 3. The minimum atomic E-state index is -0.0579. The summed E-state index contributed by atoms with van der Waals surface area (Å²) in [5.74, 6) is 1.30. The largest absolute Gasteiger partial charge is 0.465 e. The van der Waals surface area contributed by atoms with Crippen LogP contribution in [0.5, 0.6) is 0 Å². The fourth-order valence-corrected chi connectivity index (χ4v) is 1.83. The molecule has 0 aromatic carbocycles. The standard InChI is InChI=1S/C8H13NO2.ClH/c1-2-11-8(10)7-6-3-5(6)4-9-7;/h5-7,9H,2-4H2,1H3;1H/t5-,6+,7+;/m0./s1. The van der Waals surface area contributed by atoms with Gasteiger partial charge >= 0.3 is 5.97 Å². The van der Waals surface area contributed by atoms with E-state index in [9.17, 15) is 4.79 Å². The summed E-state index contributed by atoms with van der Waals surface area (Å²) in [6, 6.07) is 0.0138. The molecule has 1 aliphatic carbocycles. The third kappa shape index (κ3) is 1.57. The van der Waals surface area contributed by atoms with Gasteiger partial charge in [0.1, 0.15) is 6.04 Å². The normalized spacial score (nSPS) is 36.6. The number of esters is 1. The second-order valence-electron chi connectivity index (χ2n) is 3.30. The molecule has 1 saturated carbocycles. The molecule has 0 aromatic heterocycles. The molecular weight excluding hydrogens is 178 g/mol. The van der Waals surface area contributed by atoms with Crippen LogP contribution in [-0.2, 0) is 9.53 Å². The first-order chi connectivity index (χ1) is 5.33. The topological polar surface area (TPSA) is 38.3 Å². The number of hydrogen-bond donors (Lipinski definition) is 1. The fraction of sp³-hybridized carbons (Fsp3) is 0.875. The monoisotopic (exact) mass is 191 g/mol. The molecule has 1 aliphatic heterocycles. The molecule has 3 nitrogen and oxygen atoms in total. The van der Waals surface area contributed by atoms with Crippen LogP contribution in [-0.4, -0.2) is 25.2 Å². The van der Waals surface area contributed by atoms with Gasteiger partial charge in [-0.15, -0.1) is 12.4 Å². The van der Waals surface area contributed by atoms with E-state index in [-0.39, 0.29) is 24.4 Å². The van der Waals surface area contributed by atoms with Crippen LogP contribution in [0, 0.1) is 11.8 Å². The number of carbonyl (C=O) groups excluding carboxylic acids is 1. The van der Waals surface area contributed by atoms with Gasteiger partial charge in [-0.2, -0.15) is 0 Å². The zero-order chi connectivity index (χ0) is 7.84. The van der Waals surface area contributed by atoms with Gasteiger partial charge in [0.2, 0.25) is 0 Å². The van der Waals surface area contributed by atoms with Crippen molar-refractivity contribution < 1.29 is 9.53 Å². The Hall–Kier alpha value is -0.280. The quantitative estimate of drug-likeness (QED) is 0.649. The molecular formula is C8H14ClNO2. The van der Waals surface area contributed by atoms with Crippen LogP contribution < -0.4 is 5.32 Å². The first-order valence-electron chi connectivity index (χ1n) is 4.23. The van der Waals surface area contributed by atoms with Crippen LogP contribution in [0.15, 0.2) is 0 Å². The summed E-state index contributed by atoms with van der Waals surface area (Å²) in [6.45, 7) is 3.35. The van der Waals surface area contributed by atoms with Crippen molar-refractivity contribution in [3.8, 4) is 0 Å². The van der Waals surface area contributed by atoms with Crippen molar-refractivity contribution in [1.82, 2.24) is 5.32 Å². The summed E-state index contributed by atoms with van der Waals surface area (Å²) in [4.78, 5) is 11.2. The number of fused-ring (bicyclic) bond motifs is 1. The minimum absolute atomic E-state index is 0. The zero-order valence-corrected chi connectivity index (χ0v) is 7.89. The number of nitrogens with one attached hydrogen (secondary N) is 1. The maximum atomic E-state index is 11.2.